The number of amides is 1. The smallest absolute Gasteiger partial charge is 0.279 e. The second-order valence-corrected chi connectivity index (χ2v) is 10.5. The molecular formula is C22H25ClN4O2S. The van der Waals surface area contributed by atoms with E-state index in [1.807, 2.05) is 13.0 Å². The van der Waals surface area contributed by atoms with Crippen molar-refractivity contribution in [2.75, 3.05) is 5.32 Å². The van der Waals surface area contributed by atoms with Gasteiger partial charge in [-0.2, -0.15) is 0 Å². The summed E-state index contributed by atoms with van der Waals surface area (Å²) in [6.07, 6.45) is 2.89. The van der Waals surface area contributed by atoms with E-state index in [0.29, 0.717) is 26.8 Å². The zero-order valence-corrected chi connectivity index (χ0v) is 19.2. The topological polar surface area (TPSA) is 76.9 Å². The third kappa shape index (κ3) is 4.01. The number of rotatable bonds is 3. The summed E-state index contributed by atoms with van der Waals surface area (Å²) >= 11 is 7.68. The lowest BCUT2D eigenvalue weighted by atomic mass is 9.72. The van der Waals surface area contributed by atoms with Crippen molar-refractivity contribution in [2.24, 2.45) is 11.3 Å². The normalized spacial score (nSPS) is 16.5. The lowest BCUT2D eigenvalue weighted by molar-refractivity contribution is -0.117. The number of nitrogens with zero attached hydrogens (tertiary/aromatic N) is 3. The first-order valence-electron chi connectivity index (χ1n) is 10.1. The summed E-state index contributed by atoms with van der Waals surface area (Å²) in [5.74, 6) is 0.239. The van der Waals surface area contributed by atoms with Gasteiger partial charge in [0.1, 0.15) is 6.54 Å². The number of hydrogen-bond acceptors (Lipinski definition) is 5. The Morgan fingerprint density at radius 3 is 2.83 bits per heavy atom. The van der Waals surface area contributed by atoms with Crippen LogP contribution in [-0.4, -0.2) is 20.9 Å². The van der Waals surface area contributed by atoms with Crippen LogP contribution in [0.25, 0.3) is 10.2 Å². The van der Waals surface area contributed by atoms with Crippen LogP contribution in [0, 0.1) is 18.3 Å². The van der Waals surface area contributed by atoms with E-state index in [2.05, 4.69) is 36.4 Å². The molecule has 1 aromatic carbocycles. The van der Waals surface area contributed by atoms with Gasteiger partial charge in [0.25, 0.3) is 5.56 Å². The summed E-state index contributed by atoms with van der Waals surface area (Å²) < 4.78 is 1.15. The molecule has 158 valence electrons. The quantitative estimate of drug-likeness (QED) is 0.640. The van der Waals surface area contributed by atoms with Crippen LogP contribution in [0.5, 0.6) is 0 Å². The standard InChI is InChI=1S/C22H25ClN4O2S/c1-12-5-7-14(10-16(12)23)24-18(28)11-27-21(29)19-15-8-6-13(22(2,3)4)9-17(15)30-20(19)25-26-27/h5,7,10,13H,6,8-9,11H2,1-4H3,(H,24,28). The van der Waals surface area contributed by atoms with Crippen LogP contribution in [0.4, 0.5) is 5.69 Å². The van der Waals surface area contributed by atoms with Gasteiger partial charge in [0.05, 0.1) is 5.39 Å². The molecule has 0 saturated carbocycles. The highest BCUT2D eigenvalue weighted by Crippen LogP contribution is 2.41. The van der Waals surface area contributed by atoms with Crippen molar-refractivity contribution in [3.05, 3.63) is 49.6 Å². The molecule has 1 unspecified atom stereocenters. The average Bonchev–Trinajstić information content (AvgIpc) is 3.05. The van der Waals surface area contributed by atoms with Crippen LogP contribution in [0.3, 0.4) is 0 Å². The Morgan fingerprint density at radius 1 is 1.37 bits per heavy atom. The number of carbonyl (C=O) groups is 1. The van der Waals surface area contributed by atoms with Crippen molar-refractivity contribution in [1.29, 1.82) is 0 Å². The van der Waals surface area contributed by atoms with Gasteiger partial charge in [-0.1, -0.05) is 43.7 Å². The minimum atomic E-state index is -0.345. The second-order valence-electron chi connectivity index (χ2n) is 9.05. The van der Waals surface area contributed by atoms with Gasteiger partial charge in [-0.15, -0.1) is 16.4 Å². The number of benzene rings is 1. The molecule has 0 fully saturated rings. The van der Waals surface area contributed by atoms with Gasteiger partial charge in [-0.25, -0.2) is 4.68 Å². The van der Waals surface area contributed by atoms with Crippen molar-refractivity contribution in [1.82, 2.24) is 15.0 Å². The maximum absolute atomic E-state index is 13.1. The Bertz CT molecular complexity index is 1190. The number of hydrogen-bond donors (Lipinski definition) is 1. The number of carbonyl (C=O) groups excluding carboxylic acids is 1. The summed E-state index contributed by atoms with van der Waals surface area (Å²) in [7, 11) is 0. The molecule has 8 heteroatoms. The Morgan fingerprint density at radius 2 is 2.13 bits per heavy atom. The number of fused-ring (bicyclic) bond motifs is 3. The lowest BCUT2D eigenvalue weighted by Crippen LogP contribution is -2.31. The van der Waals surface area contributed by atoms with E-state index in [0.717, 1.165) is 35.1 Å². The van der Waals surface area contributed by atoms with Crippen molar-refractivity contribution < 1.29 is 4.79 Å². The molecule has 6 nitrogen and oxygen atoms in total. The average molecular weight is 445 g/mol. The van der Waals surface area contributed by atoms with Gasteiger partial charge < -0.3 is 5.32 Å². The summed E-state index contributed by atoms with van der Waals surface area (Å²) in [5, 5.41) is 12.2. The van der Waals surface area contributed by atoms with E-state index in [9.17, 15) is 9.59 Å². The number of anilines is 1. The first kappa shape index (κ1) is 21.0. The lowest BCUT2D eigenvalue weighted by Gasteiger charge is -2.33. The van der Waals surface area contributed by atoms with Gasteiger partial charge in [-0.05, 0) is 60.8 Å². The maximum Gasteiger partial charge on any atom is 0.279 e. The van der Waals surface area contributed by atoms with Crippen LogP contribution < -0.4 is 10.9 Å². The molecule has 1 amide bonds. The highest BCUT2D eigenvalue weighted by atomic mass is 35.5. The monoisotopic (exact) mass is 444 g/mol. The molecule has 1 atom stereocenters. The minimum absolute atomic E-state index is 0.192. The summed E-state index contributed by atoms with van der Waals surface area (Å²) in [5.41, 5.74) is 2.59. The molecule has 2 heterocycles. The van der Waals surface area contributed by atoms with Crippen LogP contribution in [0.2, 0.25) is 5.02 Å². The molecule has 0 aliphatic heterocycles. The largest absolute Gasteiger partial charge is 0.324 e. The number of thiophene rings is 1. The first-order chi connectivity index (χ1) is 14.1. The summed E-state index contributed by atoms with van der Waals surface area (Å²) in [6, 6.07) is 5.30. The van der Waals surface area contributed by atoms with Crippen LogP contribution >= 0.6 is 22.9 Å². The van der Waals surface area contributed by atoms with Gasteiger partial charge in [0, 0.05) is 15.6 Å². The molecule has 0 radical (unpaired) electrons. The van der Waals surface area contributed by atoms with E-state index < -0.39 is 0 Å². The van der Waals surface area contributed by atoms with Crippen molar-refractivity contribution >= 4 is 44.7 Å². The number of aryl methyl sites for hydroxylation is 2. The molecule has 4 rings (SSSR count). The fourth-order valence-electron chi connectivity index (χ4n) is 3.98. The summed E-state index contributed by atoms with van der Waals surface area (Å²) in [4.78, 5) is 27.5. The SMILES string of the molecule is Cc1ccc(NC(=O)Cn2nnc3sc4c(c3c2=O)CCC(C(C)(C)C)C4)cc1Cl. The predicted octanol–water partition coefficient (Wildman–Crippen LogP) is 4.60. The highest BCUT2D eigenvalue weighted by molar-refractivity contribution is 7.18. The Kier molecular flexibility index (Phi) is 5.45. The third-order valence-corrected chi connectivity index (χ3v) is 7.46. The highest BCUT2D eigenvalue weighted by Gasteiger charge is 2.32. The zero-order chi connectivity index (χ0) is 21.6. The minimum Gasteiger partial charge on any atom is -0.324 e. The fourth-order valence-corrected chi connectivity index (χ4v) is 5.39. The molecule has 0 spiro atoms. The molecule has 0 saturated heterocycles. The molecule has 3 aromatic rings. The third-order valence-electron chi connectivity index (χ3n) is 5.91. The Balaban J connectivity index is 1.59. The summed E-state index contributed by atoms with van der Waals surface area (Å²) in [6.45, 7) is 8.50. The van der Waals surface area contributed by atoms with Crippen LogP contribution in [0.15, 0.2) is 23.0 Å². The van der Waals surface area contributed by atoms with E-state index in [1.165, 1.54) is 4.88 Å². The molecule has 2 aromatic heterocycles. The van der Waals surface area contributed by atoms with Gasteiger partial charge in [0.2, 0.25) is 5.91 Å². The van der Waals surface area contributed by atoms with E-state index in [1.54, 1.807) is 23.5 Å². The number of nitrogens with one attached hydrogen (secondary N) is 1. The Labute approximate surface area is 184 Å². The molecule has 30 heavy (non-hydrogen) atoms. The van der Waals surface area contributed by atoms with Gasteiger partial charge in [-0.3, -0.25) is 9.59 Å². The van der Waals surface area contributed by atoms with Crippen molar-refractivity contribution in [2.45, 2.75) is 53.5 Å². The van der Waals surface area contributed by atoms with Crippen molar-refractivity contribution in [3.8, 4) is 0 Å². The van der Waals surface area contributed by atoms with Crippen LogP contribution in [-0.2, 0) is 24.2 Å². The van der Waals surface area contributed by atoms with E-state index >= 15 is 0 Å². The molecular weight excluding hydrogens is 420 g/mol. The van der Waals surface area contributed by atoms with Gasteiger partial charge >= 0.3 is 0 Å². The molecule has 1 aliphatic carbocycles. The maximum atomic E-state index is 13.1. The fraction of sp³-hybridized carbons (Fsp3) is 0.455. The number of halogens is 1. The molecule has 1 N–H and O–H groups in total. The molecule has 1 aliphatic rings. The molecule has 0 bridgehead atoms. The zero-order valence-electron chi connectivity index (χ0n) is 17.6. The first-order valence-corrected chi connectivity index (χ1v) is 11.3. The second kappa shape index (κ2) is 7.78. The predicted molar refractivity (Wildman–Crippen MR) is 121 cm³/mol. The van der Waals surface area contributed by atoms with E-state index in [4.69, 9.17) is 11.6 Å². The van der Waals surface area contributed by atoms with E-state index in [-0.39, 0.29) is 23.4 Å². The Hall–Kier alpha value is -2.25. The van der Waals surface area contributed by atoms with Crippen molar-refractivity contribution in [3.63, 3.8) is 0 Å². The number of aromatic nitrogens is 3. The van der Waals surface area contributed by atoms with Crippen LogP contribution in [0.1, 0.15) is 43.2 Å². The van der Waals surface area contributed by atoms with Gasteiger partial charge in [0.15, 0.2) is 4.83 Å².